The zero-order valence-corrected chi connectivity index (χ0v) is 14.8. The van der Waals surface area contributed by atoms with Crippen LogP contribution in [0.5, 0.6) is 0 Å². The van der Waals surface area contributed by atoms with Crippen molar-refractivity contribution >= 4 is 29.3 Å². The molecule has 27 heavy (non-hydrogen) atoms. The Balaban J connectivity index is 1.62. The molecule has 0 aliphatic carbocycles. The number of nitrogens with zero attached hydrogens (tertiary/aromatic N) is 1. The molecule has 0 saturated heterocycles. The molecule has 1 aromatic heterocycles. The molecule has 0 spiro atoms. The van der Waals surface area contributed by atoms with Gasteiger partial charge in [-0.3, -0.25) is 14.6 Å². The second kappa shape index (κ2) is 8.58. The third kappa shape index (κ3) is 5.37. The molecule has 2 N–H and O–H groups in total. The summed E-state index contributed by atoms with van der Waals surface area (Å²) in [7, 11) is 0. The Labute approximate surface area is 157 Å². The molecular formula is C22H19N3O2. The van der Waals surface area contributed by atoms with Crippen LogP contribution in [0.25, 0.3) is 6.08 Å². The van der Waals surface area contributed by atoms with Gasteiger partial charge in [-0.2, -0.15) is 0 Å². The number of hydrogen-bond donors (Lipinski definition) is 2. The molecule has 0 unspecified atom stereocenters. The molecule has 134 valence electrons. The van der Waals surface area contributed by atoms with Gasteiger partial charge in [-0.15, -0.1) is 0 Å². The van der Waals surface area contributed by atoms with Crippen molar-refractivity contribution in [2.24, 2.45) is 0 Å². The van der Waals surface area contributed by atoms with Crippen molar-refractivity contribution in [2.75, 3.05) is 10.6 Å². The Kier molecular flexibility index (Phi) is 5.74. The van der Waals surface area contributed by atoms with Crippen molar-refractivity contribution in [2.45, 2.75) is 6.92 Å². The minimum absolute atomic E-state index is 0.244. The monoisotopic (exact) mass is 357 g/mol. The first-order valence-electron chi connectivity index (χ1n) is 8.47. The normalized spacial score (nSPS) is 10.6. The van der Waals surface area contributed by atoms with E-state index in [1.54, 1.807) is 48.7 Å². The van der Waals surface area contributed by atoms with E-state index < -0.39 is 0 Å². The Morgan fingerprint density at radius 1 is 0.926 bits per heavy atom. The molecule has 3 rings (SSSR count). The molecule has 1 heterocycles. The van der Waals surface area contributed by atoms with E-state index in [0.717, 1.165) is 5.56 Å². The van der Waals surface area contributed by atoms with E-state index in [0.29, 0.717) is 16.9 Å². The summed E-state index contributed by atoms with van der Waals surface area (Å²) in [5.74, 6) is -0.503. The first-order chi connectivity index (χ1) is 13.1. The molecule has 0 radical (unpaired) electrons. The number of carbonyl (C=O) groups is 2. The summed E-state index contributed by atoms with van der Waals surface area (Å²) >= 11 is 0. The maximum absolute atomic E-state index is 12.2. The first kappa shape index (κ1) is 18.1. The number of benzene rings is 2. The van der Waals surface area contributed by atoms with Crippen LogP contribution in [0, 0.1) is 6.92 Å². The van der Waals surface area contributed by atoms with Crippen LogP contribution in [0.3, 0.4) is 0 Å². The summed E-state index contributed by atoms with van der Waals surface area (Å²) in [5, 5.41) is 5.57. The van der Waals surface area contributed by atoms with Crippen molar-refractivity contribution in [3.8, 4) is 0 Å². The van der Waals surface area contributed by atoms with Gasteiger partial charge in [-0.1, -0.05) is 35.9 Å². The van der Waals surface area contributed by atoms with Gasteiger partial charge in [0.25, 0.3) is 5.91 Å². The molecule has 2 amide bonds. The van der Waals surface area contributed by atoms with Gasteiger partial charge >= 0.3 is 0 Å². The highest BCUT2D eigenvalue weighted by molar-refractivity contribution is 6.05. The van der Waals surface area contributed by atoms with Crippen LogP contribution in [0.2, 0.25) is 0 Å². The van der Waals surface area contributed by atoms with Crippen LogP contribution in [-0.2, 0) is 4.79 Å². The first-order valence-corrected chi connectivity index (χ1v) is 8.47. The number of amides is 2. The standard InChI is InChI=1S/C22H19N3O2/c1-16-7-9-17(10-8-16)11-12-21(26)24-19-5-2-6-20(14-19)25-22(27)18-4-3-13-23-15-18/h2-15H,1H3,(H,24,26)(H,25,27)/b12-11+. The Morgan fingerprint density at radius 3 is 2.37 bits per heavy atom. The van der Waals surface area contributed by atoms with E-state index in [9.17, 15) is 9.59 Å². The lowest BCUT2D eigenvalue weighted by Crippen LogP contribution is -2.13. The van der Waals surface area contributed by atoms with Gasteiger partial charge < -0.3 is 10.6 Å². The van der Waals surface area contributed by atoms with Crippen LogP contribution in [0.15, 0.2) is 79.1 Å². The maximum Gasteiger partial charge on any atom is 0.257 e. The lowest BCUT2D eigenvalue weighted by Gasteiger charge is -2.08. The topological polar surface area (TPSA) is 71.1 Å². The summed E-state index contributed by atoms with van der Waals surface area (Å²) in [6.45, 7) is 2.01. The summed E-state index contributed by atoms with van der Waals surface area (Å²) in [4.78, 5) is 28.2. The van der Waals surface area contributed by atoms with E-state index in [1.807, 2.05) is 31.2 Å². The Bertz CT molecular complexity index is 964. The van der Waals surface area contributed by atoms with Crippen molar-refractivity contribution in [1.82, 2.24) is 4.98 Å². The van der Waals surface area contributed by atoms with E-state index in [2.05, 4.69) is 15.6 Å². The molecule has 0 aliphatic rings. The highest BCUT2D eigenvalue weighted by atomic mass is 16.2. The molecule has 3 aromatic rings. The minimum Gasteiger partial charge on any atom is -0.322 e. The molecule has 0 bridgehead atoms. The molecule has 2 aromatic carbocycles. The number of anilines is 2. The maximum atomic E-state index is 12.2. The van der Waals surface area contributed by atoms with Crippen LogP contribution >= 0.6 is 0 Å². The summed E-state index contributed by atoms with van der Waals surface area (Å²) < 4.78 is 0. The largest absolute Gasteiger partial charge is 0.322 e. The average molecular weight is 357 g/mol. The van der Waals surface area contributed by atoms with Crippen molar-refractivity contribution in [3.05, 3.63) is 95.8 Å². The molecule has 5 nitrogen and oxygen atoms in total. The fourth-order valence-electron chi connectivity index (χ4n) is 2.41. The Hall–Kier alpha value is -3.73. The predicted molar refractivity (Wildman–Crippen MR) is 107 cm³/mol. The van der Waals surface area contributed by atoms with Gasteiger partial charge in [0, 0.05) is 29.8 Å². The molecule has 0 aliphatic heterocycles. The molecular weight excluding hydrogens is 338 g/mol. The fourth-order valence-corrected chi connectivity index (χ4v) is 2.41. The smallest absolute Gasteiger partial charge is 0.257 e. The second-order valence-corrected chi connectivity index (χ2v) is 6.01. The van der Waals surface area contributed by atoms with Crippen molar-refractivity contribution in [1.29, 1.82) is 0 Å². The molecule has 0 atom stereocenters. The van der Waals surface area contributed by atoms with Crippen LogP contribution < -0.4 is 10.6 Å². The summed E-state index contributed by atoms with van der Waals surface area (Å²) in [5.41, 5.74) is 3.77. The SMILES string of the molecule is Cc1ccc(/C=C/C(=O)Nc2cccc(NC(=O)c3cccnc3)c2)cc1. The Morgan fingerprint density at radius 2 is 1.67 bits per heavy atom. The van der Waals surface area contributed by atoms with E-state index in [-0.39, 0.29) is 11.8 Å². The van der Waals surface area contributed by atoms with Gasteiger partial charge in [0.05, 0.1) is 5.56 Å². The highest BCUT2D eigenvalue weighted by Gasteiger charge is 2.06. The van der Waals surface area contributed by atoms with Gasteiger partial charge in [0.1, 0.15) is 0 Å². The molecule has 5 heteroatoms. The third-order valence-corrected chi connectivity index (χ3v) is 3.82. The highest BCUT2D eigenvalue weighted by Crippen LogP contribution is 2.16. The van der Waals surface area contributed by atoms with Crippen LogP contribution in [0.1, 0.15) is 21.5 Å². The van der Waals surface area contributed by atoms with E-state index >= 15 is 0 Å². The lowest BCUT2D eigenvalue weighted by atomic mass is 10.1. The zero-order chi connectivity index (χ0) is 19.1. The molecule has 0 fully saturated rings. The van der Waals surface area contributed by atoms with Crippen LogP contribution in [0.4, 0.5) is 11.4 Å². The number of aromatic nitrogens is 1. The quantitative estimate of drug-likeness (QED) is 0.669. The van der Waals surface area contributed by atoms with Crippen LogP contribution in [-0.4, -0.2) is 16.8 Å². The van der Waals surface area contributed by atoms with Gasteiger partial charge in [-0.05, 0) is 48.9 Å². The van der Waals surface area contributed by atoms with Gasteiger partial charge in [0.2, 0.25) is 5.91 Å². The van der Waals surface area contributed by atoms with E-state index in [1.165, 1.54) is 17.8 Å². The fraction of sp³-hybridized carbons (Fsp3) is 0.0455. The number of nitrogens with one attached hydrogen (secondary N) is 2. The predicted octanol–water partition coefficient (Wildman–Crippen LogP) is 4.29. The third-order valence-electron chi connectivity index (χ3n) is 3.82. The van der Waals surface area contributed by atoms with Crippen molar-refractivity contribution < 1.29 is 9.59 Å². The minimum atomic E-state index is -0.258. The van der Waals surface area contributed by atoms with Gasteiger partial charge in [0.15, 0.2) is 0 Å². The number of hydrogen-bond acceptors (Lipinski definition) is 3. The summed E-state index contributed by atoms with van der Waals surface area (Å²) in [6, 6.07) is 18.3. The zero-order valence-electron chi connectivity index (χ0n) is 14.8. The molecule has 0 saturated carbocycles. The second-order valence-electron chi connectivity index (χ2n) is 6.01. The average Bonchev–Trinajstić information content (AvgIpc) is 2.68. The summed E-state index contributed by atoms with van der Waals surface area (Å²) in [6.07, 6.45) is 6.34. The van der Waals surface area contributed by atoms with Gasteiger partial charge in [-0.25, -0.2) is 0 Å². The number of rotatable bonds is 5. The number of carbonyl (C=O) groups excluding carboxylic acids is 2. The number of aryl methyl sites for hydroxylation is 1. The van der Waals surface area contributed by atoms with Crippen molar-refractivity contribution in [3.63, 3.8) is 0 Å². The number of pyridine rings is 1. The van der Waals surface area contributed by atoms with E-state index in [4.69, 9.17) is 0 Å². The lowest BCUT2D eigenvalue weighted by molar-refractivity contribution is -0.111.